The highest BCUT2D eigenvalue weighted by Gasteiger charge is 2.13. The molecule has 1 rings (SSSR count). The van der Waals surface area contributed by atoms with Crippen molar-refractivity contribution in [2.45, 2.75) is 33.2 Å². The Labute approximate surface area is 108 Å². The van der Waals surface area contributed by atoms with Gasteiger partial charge in [-0.2, -0.15) is 4.98 Å². The minimum absolute atomic E-state index is 0.372. The van der Waals surface area contributed by atoms with Crippen LogP contribution in [0.3, 0.4) is 0 Å². The Hall–Kier alpha value is -1.03. The Morgan fingerprint density at radius 3 is 2.65 bits per heavy atom. The Kier molecular flexibility index (Phi) is 5.48. The number of rotatable bonds is 6. The van der Waals surface area contributed by atoms with Crippen molar-refractivity contribution in [3.63, 3.8) is 0 Å². The number of alkyl halides is 1. The predicted octanol–water partition coefficient (Wildman–Crippen LogP) is 2.64. The maximum atomic E-state index is 5.74. The second kappa shape index (κ2) is 6.64. The van der Waals surface area contributed by atoms with Crippen LogP contribution in [0.4, 0.5) is 5.82 Å². The number of aryl methyl sites for hydroxylation is 1. The molecule has 0 saturated heterocycles. The highest BCUT2D eigenvalue weighted by molar-refractivity contribution is 6.17. The summed E-state index contributed by atoms with van der Waals surface area (Å²) in [4.78, 5) is 10.8. The first-order valence-corrected chi connectivity index (χ1v) is 6.34. The lowest BCUT2D eigenvalue weighted by atomic mass is 10.3. The third kappa shape index (κ3) is 4.04. The van der Waals surface area contributed by atoms with Gasteiger partial charge in [-0.05, 0) is 27.2 Å². The van der Waals surface area contributed by atoms with E-state index in [1.165, 1.54) is 0 Å². The average Bonchev–Trinajstić information content (AvgIpc) is 2.28. The van der Waals surface area contributed by atoms with Gasteiger partial charge in [-0.25, -0.2) is 4.98 Å². The van der Waals surface area contributed by atoms with Gasteiger partial charge in [-0.3, -0.25) is 0 Å². The number of anilines is 1. The second-order valence-corrected chi connectivity index (χ2v) is 4.52. The topological polar surface area (TPSA) is 38.2 Å². The SMILES string of the molecule is COc1cc(N(CCCCl)C(C)C)nc(C)n1. The van der Waals surface area contributed by atoms with Crippen LogP contribution in [-0.4, -0.2) is 35.5 Å². The maximum Gasteiger partial charge on any atom is 0.218 e. The minimum atomic E-state index is 0.372. The Balaban J connectivity index is 2.96. The van der Waals surface area contributed by atoms with E-state index in [1.54, 1.807) is 7.11 Å². The van der Waals surface area contributed by atoms with Gasteiger partial charge in [0.1, 0.15) is 11.6 Å². The minimum Gasteiger partial charge on any atom is -0.481 e. The molecule has 96 valence electrons. The molecule has 4 nitrogen and oxygen atoms in total. The van der Waals surface area contributed by atoms with Crippen LogP contribution in [0.5, 0.6) is 5.88 Å². The zero-order valence-corrected chi connectivity index (χ0v) is 11.7. The van der Waals surface area contributed by atoms with Gasteiger partial charge in [-0.1, -0.05) is 0 Å². The van der Waals surface area contributed by atoms with E-state index in [1.807, 2.05) is 13.0 Å². The first kappa shape index (κ1) is 14.0. The van der Waals surface area contributed by atoms with Crippen molar-refractivity contribution in [1.29, 1.82) is 0 Å². The molecule has 0 atom stereocenters. The van der Waals surface area contributed by atoms with Gasteiger partial charge in [0.05, 0.1) is 7.11 Å². The molecule has 1 aromatic heterocycles. The highest BCUT2D eigenvalue weighted by Crippen LogP contribution is 2.19. The van der Waals surface area contributed by atoms with Crippen LogP contribution in [0.15, 0.2) is 6.07 Å². The molecule has 1 heterocycles. The quantitative estimate of drug-likeness (QED) is 0.735. The van der Waals surface area contributed by atoms with Crippen LogP contribution in [0.25, 0.3) is 0 Å². The van der Waals surface area contributed by atoms with E-state index in [4.69, 9.17) is 16.3 Å². The summed E-state index contributed by atoms with van der Waals surface area (Å²) < 4.78 is 5.17. The van der Waals surface area contributed by atoms with Crippen molar-refractivity contribution in [2.24, 2.45) is 0 Å². The molecule has 1 aromatic rings. The van der Waals surface area contributed by atoms with E-state index in [0.29, 0.717) is 17.8 Å². The molecule has 0 radical (unpaired) electrons. The molecule has 0 aliphatic heterocycles. The zero-order chi connectivity index (χ0) is 12.8. The van der Waals surface area contributed by atoms with Gasteiger partial charge in [0.25, 0.3) is 0 Å². The molecule has 0 fully saturated rings. The summed E-state index contributed by atoms with van der Waals surface area (Å²) in [6.07, 6.45) is 0.936. The Bertz CT molecular complexity index is 358. The van der Waals surface area contributed by atoms with Gasteiger partial charge in [-0.15, -0.1) is 11.6 Å². The number of halogens is 1. The first-order valence-electron chi connectivity index (χ1n) is 5.80. The second-order valence-electron chi connectivity index (χ2n) is 4.15. The van der Waals surface area contributed by atoms with Crippen LogP contribution in [0.1, 0.15) is 26.1 Å². The molecule has 17 heavy (non-hydrogen) atoms. The van der Waals surface area contributed by atoms with Gasteiger partial charge < -0.3 is 9.64 Å². The summed E-state index contributed by atoms with van der Waals surface area (Å²) in [5, 5.41) is 0. The molecule has 0 spiro atoms. The molecule has 0 N–H and O–H groups in total. The standard InChI is InChI=1S/C12H20ClN3O/c1-9(2)16(7-5-6-13)11-8-12(17-4)15-10(3)14-11/h8-9H,5-7H2,1-4H3. The van der Waals surface area contributed by atoms with Crippen molar-refractivity contribution in [3.05, 3.63) is 11.9 Å². The van der Waals surface area contributed by atoms with Crippen LogP contribution < -0.4 is 9.64 Å². The number of hydrogen-bond acceptors (Lipinski definition) is 4. The largest absolute Gasteiger partial charge is 0.481 e. The lowest BCUT2D eigenvalue weighted by Gasteiger charge is -2.27. The molecular formula is C12H20ClN3O. The molecule has 0 aromatic carbocycles. The van der Waals surface area contributed by atoms with Crippen molar-refractivity contribution in [1.82, 2.24) is 9.97 Å². The van der Waals surface area contributed by atoms with Crippen LogP contribution >= 0.6 is 11.6 Å². The third-order valence-corrected chi connectivity index (χ3v) is 2.73. The molecule has 0 bridgehead atoms. The van der Waals surface area contributed by atoms with Crippen molar-refractivity contribution < 1.29 is 4.74 Å². The van der Waals surface area contributed by atoms with E-state index in [9.17, 15) is 0 Å². The fourth-order valence-electron chi connectivity index (χ4n) is 1.64. The van der Waals surface area contributed by atoms with Crippen LogP contribution in [0.2, 0.25) is 0 Å². The summed E-state index contributed by atoms with van der Waals surface area (Å²) in [6.45, 7) is 7.03. The number of nitrogens with zero attached hydrogens (tertiary/aromatic N) is 3. The lowest BCUT2D eigenvalue weighted by Crippen LogP contribution is -2.33. The molecule has 0 amide bonds. The maximum absolute atomic E-state index is 5.74. The van der Waals surface area contributed by atoms with Crippen molar-refractivity contribution in [2.75, 3.05) is 24.4 Å². The smallest absolute Gasteiger partial charge is 0.218 e. The fourth-order valence-corrected chi connectivity index (χ4v) is 1.76. The molecule has 0 aliphatic rings. The number of aromatic nitrogens is 2. The number of ether oxygens (including phenoxy) is 1. The van der Waals surface area contributed by atoms with Crippen LogP contribution in [0, 0.1) is 6.92 Å². The third-order valence-electron chi connectivity index (χ3n) is 2.46. The summed E-state index contributed by atoms with van der Waals surface area (Å²) in [7, 11) is 1.62. The van der Waals surface area contributed by atoms with E-state index in [2.05, 4.69) is 28.7 Å². The summed E-state index contributed by atoms with van der Waals surface area (Å²) >= 11 is 5.74. The Morgan fingerprint density at radius 2 is 2.12 bits per heavy atom. The monoisotopic (exact) mass is 257 g/mol. The first-order chi connectivity index (χ1) is 8.08. The van der Waals surface area contributed by atoms with Crippen LogP contribution in [-0.2, 0) is 0 Å². The summed E-state index contributed by atoms with van der Waals surface area (Å²) in [6, 6.07) is 2.23. The van der Waals surface area contributed by atoms with E-state index >= 15 is 0 Å². The van der Waals surface area contributed by atoms with Crippen molar-refractivity contribution in [3.8, 4) is 5.88 Å². The molecular weight excluding hydrogens is 238 g/mol. The normalized spacial score (nSPS) is 10.7. The molecule has 0 unspecified atom stereocenters. The molecule has 5 heteroatoms. The van der Waals surface area contributed by atoms with Crippen molar-refractivity contribution >= 4 is 17.4 Å². The fraction of sp³-hybridized carbons (Fsp3) is 0.667. The van der Waals surface area contributed by atoms with Gasteiger partial charge >= 0.3 is 0 Å². The molecule has 0 aliphatic carbocycles. The lowest BCUT2D eigenvalue weighted by molar-refractivity contribution is 0.395. The predicted molar refractivity (Wildman–Crippen MR) is 71.1 cm³/mol. The number of hydrogen-bond donors (Lipinski definition) is 0. The summed E-state index contributed by atoms with van der Waals surface area (Å²) in [5.74, 6) is 2.87. The highest BCUT2D eigenvalue weighted by atomic mass is 35.5. The Morgan fingerprint density at radius 1 is 1.41 bits per heavy atom. The average molecular weight is 258 g/mol. The summed E-state index contributed by atoms with van der Waals surface area (Å²) in [5.41, 5.74) is 0. The molecule has 0 saturated carbocycles. The zero-order valence-electron chi connectivity index (χ0n) is 10.9. The van der Waals surface area contributed by atoms with E-state index in [0.717, 1.165) is 24.6 Å². The number of methoxy groups -OCH3 is 1. The van der Waals surface area contributed by atoms with Gasteiger partial charge in [0.15, 0.2) is 0 Å². The van der Waals surface area contributed by atoms with E-state index in [-0.39, 0.29) is 0 Å². The van der Waals surface area contributed by atoms with E-state index < -0.39 is 0 Å². The van der Waals surface area contributed by atoms with Gasteiger partial charge in [0.2, 0.25) is 5.88 Å². The van der Waals surface area contributed by atoms with Gasteiger partial charge in [0, 0.05) is 24.5 Å².